The Morgan fingerprint density at radius 2 is 2.24 bits per heavy atom. The molecule has 1 aromatic heterocycles. The summed E-state index contributed by atoms with van der Waals surface area (Å²) in [6.07, 6.45) is 0.338. The average molecular weight is 255 g/mol. The zero-order chi connectivity index (χ0) is 12.8. The summed E-state index contributed by atoms with van der Waals surface area (Å²) in [6.45, 7) is 4.17. The van der Waals surface area contributed by atoms with Crippen LogP contribution in [0.1, 0.15) is 25.8 Å². The molecule has 0 fully saturated rings. The SMILES string of the molecule is CCN(C(=O)Cc1ccsc1)C(C)CC(=O)O. The number of carboxylic acid groups (broad SMARTS) is 1. The molecule has 0 aliphatic heterocycles. The van der Waals surface area contributed by atoms with Crippen LogP contribution in [0, 0.1) is 0 Å². The highest BCUT2D eigenvalue weighted by Crippen LogP contribution is 2.11. The normalized spacial score (nSPS) is 12.1. The summed E-state index contributed by atoms with van der Waals surface area (Å²) in [4.78, 5) is 24.3. The van der Waals surface area contributed by atoms with Crippen molar-refractivity contribution in [3.05, 3.63) is 22.4 Å². The van der Waals surface area contributed by atoms with Gasteiger partial charge in [0.05, 0.1) is 12.8 Å². The molecule has 5 heteroatoms. The first-order chi connectivity index (χ1) is 8.04. The fraction of sp³-hybridized carbons (Fsp3) is 0.500. The molecule has 0 aliphatic carbocycles. The van der Waals surface area contributed by atoms with E-state index in [9.17, 15) is 9.59 Å². The molecule has 17 heavy (non-hydrogen) atoms. The van der Waals surface area contributed by atoms with E-state index in [0.717, 1.165) is 5.56 Å². The van der Waals surface area contributed by atoms with Gasteiger partial charge < -0.3 is 10.0 Å². The molecular weight excluding hydrogens is 238 g/mol. The quantitative estimate of drug-likeness (QED) is 0.846. The number of nitrogens with zero attached hydrogens (tertiary/aromatic N) is 1. The van der Waals surface area contributed by atoms with Gasteiger partial charge in [0.25, 0.3) is 0 Å². The third kappa shape index (κ3) is 4.19. The van der Waals surface area contributed by atoms with Crippen LogP contribution in [-0.2, 0) is 16.0 Å². The smallest absolute Gasteiger partial charge is 0.305 e. The predicted octanol–water partition coefficient (Wildman–Crippen LogP) is 2.00. The molecule has 0 spiro atoms. The Bertz CT molecular complexity index is 375. The molecule has 1 N–H and O–H groups in total. The second-order valence-electron chi connectivity index (χ2n) is 3.94. The van der Waals surface area contributed by atoms with E-state index in [-0.39, 0.29) is 18.4 Å². The number of carbonyl (C=O) groups is 2. The molecule has 0 radical (unpaired) electrons. The first-order valence-electron chi connectivity index (χ1n) is 5.57. The van der Waals surface area contributed by atoms with E-state index in [0.29, 0.717) is 13.0 Å². The van der Waals surface area contributed by atoms with Crippen molar-refractivity contribution < 1.29 is 14.7 Å². The van der Waals surface area contributed by atoms with E-state index in [4.69, 9.17) is 5.11 Å². The summed E-state index contributed by atoms with van der Waals surface area (Å²) in [7, 11) is 0. The number of thiophene rings is 1. The molecule has 0 saturated heterocycles. The molecular formula is C12H17NO3S. The van der Waals surface area contributed by atoms with Crippen LogP contribution in [0.25, 0.3) is 0 Å². The lowest BCUT2D eigenvalue weighted by atomic mass is 10.1. The maximum absolute atomic E-state index is 12.0. The van der Waals surface area contributed by atoms with Crippen LogP contribution in [0.3, 0.4) is 0 Å². The van der Waals surface area contributed by atoms with Gasteiger partial charge in [-0.2, -0.15) is 11.3 Å². The Hall–Kier alpha value is -1.36. The van der Waals surface area contributed by atoms with Gasteiger partial charge in [0.1, 0.15) is 0 Å². The third-order valence-electron chi connectivity index (χ3n) is 2.60. The minimum absolute atomic E-state index is 0.0107. The van der Waals surface area contributed by atoms with Crippen molar-refractivity contribution in [3.8, 4) is 0 Å². The minimum Gasteiger partial charge on any atom is -0.481 e. The van der Waals surface area contributed by atoms with E-state index in [1.54, 1.807) is 23.2 Å². The highest BCUT2D eigenvalue weighted by atomic mass is 32.1. The van der Waals surface area contributed by atoms with Crippen LogP contribution in [0.4, 0.5) is 0 Å². The highest BCUT2D eigenvalue weighted by Gasteiger charge is 2.20. The van der Waals surface area contributed by atoms with Gasteiger partial charge in [-0.05, 0) is 36.2 Å². The predicted molar refractivity (Wildman–Crippen MR) is 67.1 cm³/mol. The van der Waals surface area contributed by atoms with Crippen molar-refractivity contribution in [2.45, 2.75) is 32.7 Å². The van der Waals surface area contributed by atoms with Gasteiger partial charge in [-0.25, -0.2) is 0 Å². The molecule has 0 bridgehead atoms. The molecule has 1 aromatic rings. The van der Waals surface area contributed by atoms with E-state index in [2.05, 4.69) is 0 Å². The van der Waals surface area contributed by atoms with Gasteiger partial charge in [0.15, 0.2) is 0 Å². The summed E-state index contributed by atoms with van der Waals surface area (Å²) in [5, 5.41) is 12.6. The Balaban J connectivity index is 2.60. The molecule has 0 saturated carbocycles. The molecule has 1 amide bonds. The summed E-state index contributed by atoms with van der Waals surface area (Å²) >= 11 is 1.56. The first-order valence-corrected chi connectivity index (χ1v) is 6.51. The van der Waals surface area contributed by atoms with Crippen molar-refractivity contribution in [3.63, 3.8) is 0 Å². The zero-order valence-corrected chi connectivity index (χ0v) is 10.9. The Kier molecular flexibility index (Phi) is 5.15. The van der Waals surface area contributed by atoms with Crippen molar-refractivity contribution in [2.75, 3.05) is 6.54 Å². The van der Waals surface area contributed by atoms with Crippen molar-refractivity contribution in [1.82, 2.24) is 4.90 Å². The first kappa shape index (κ1) is 13.7. The number of aliphatic carboxylic acids is 1. The fourth-order valence-electron chi connectivity index (χ4n) is 1.77. The average Bonchev–Trinajstić information content (AvgIpc) is 2.70. The summed E-state index contributed by atoms with van der Waals surface area (Å²) in [6, 6.07) is 1.65. The molecule has 1 rings (SSSR count). The summed E-state index contributed by atoms with van der Waals surface area (Å²) in [5.74, 6) is -0.890. The number of hydrogen-bond donors (Lipinski definition) is 1. The van der Waals surface area contributed by atoms with Crippen molar-refractivity contribution in [2.24, 2.45) is 0 Å². The Labute approximate surface area is 105 Å². The van der Waals surface area contributed by atoms with E-state index < -0.39 is 5.97 Å². The van der Waals surface area contributed by atoms with E-state index in [1.807, 2.05) is 23.8 Å². The van der Waals surface area contributed by atoms with Crippen molar-refractivity contribution in [1.29, 1.82) is 0 Å². The molecule has 0 aromatic carbocycles. The summed E-state index contributed by atoms with van der Waals surface area (Å²) < 4.78 is 0. The van der Waals surface area contributed by atoms with Crippen LogP contribution in [0.2, 0.25) is 0 Å². The fourth-order valence-corrected chi connectivity index (χ4v) is 2.43. The van der Waals surface area contributed by atoms with Gasteiger partial charge >= 0.3 is 5.97 Å². The van der Waals surface area contributed by atoms with E-state index >= 15 is 0 Å². The van der Waals surface area contributed by atoms with Crippen LogP contribution < -0.4 is 0 Å². The summed E-state index contributed by atoms with van der Waals surface area (Å²) in [5.41, 5.74) is 0.987. The van der Waals surface area contributed by atoms with Gasteiger partial charge in [-0.15, -0.1) is 0 Å². The molecule has 4 nitrogen and oxygen atoms in total. The molecule has 0 aliphatic rings. The van der Waals surface area contributed by atoms with Crippen LogP contribution in [0.5, 0.6) is 0 Å². The monoisotopic (exact) mass is 255 g/mol. The molecule has 1 atom stereocenters. The number of likely N-dealkylation sites (N-methyl/N-ethyl adjacent to an activating group) is 1. The zero-order valence-electron chi connectivity index (χ0n) is 10.0. The Morgan fingerprint density at radius 3 is 2.71 bits per heavy atom. The minimum atomic E-state index is -0.876. The number of carboxylic acids is 1. The van der Waals surface area contributed by atoms with Crippen LogP contribution in [-0.4, -0.2) is 34.5 Å². The molecule has 1 heterocycles. The highest BCUT2D eigenvalue weighted by molar-refractivity contribution is 7.07. The van der Waals surface area contributed by atoms with Gasteiger partial charge in [0, 0.05) is 12.6 Å². The topological polar surface area (TPSA) is 57.6 Å². The molecule has 94 valence electrons. The van der Waals surface area contributed by atoms with E-state index in [1.165, 1.54) is 0 Å². The third-order valence-corrected chi connectivity index (χ3v) is 3.33. The van der Waals surface area contributed by atoms with Gasteiger partial charge in [-0.3, -0.25) is 9.59 Å². The number of rotatable bonds is 6. The number of carbonyl (C=O) groups excluding carboxylic acids is 1. The second kappa shape index (κ2) is 6.39. The lowest BCUT2D eigenvalue weighted by Gasteiger charge is -2.27. The number of hydrogen-bond acceptors (Lipinski definition) is 3. The lowest BCUT2D eigenvalue weighted by molar-refractivity contribution is -0.140. The van der Waals surface area contributed by atoms with Crippen molar-refractivity contribution >= 4 is 23.2 Å². The Morgan fingerprint density at radius 1 is 1.53 bits per heavy atom. The maximum Gasteiger partial charge on any atom is 0.305 e. The number of amides is 1. The van der Waals surface area contributed by atoms with Gasteiger partial charge in [-0.1, -0.05) is 0 Å². The lowest BCUT2D eigenvalue weighted by Crippen LogP contribution is -2.40. The van der Waals surface area contributed by atoms with Crippen LogP contribution >= 0.6 is 11.3 Å². The largest absolute Gasteiger partial charge is 0.481 e. The second-order valence-corrected chi connectivity index (χ2v) is 4.72. The standard InChI is InChI=1S/C12H17NO3S/c1-3-13(9(2)6-12(15)16)11(14)7-10-4-5-17-8-10/h4-5,8-9H,3,6-7H2,1-2H3,(H,15,16). The molecule has 1 unspecified atom stereocenters. The van der Waals surface area contributed by atoms with Crippen LogP contribution in [0.15, 0.2) is 16.8 Å². The maximum atomic E-state index is 12.0. The van der Waals surface area contributed by atoms with Gasteiger partial charge in [0.2, 0.25) is 5.91 Å².